The van der Waals surface area contributed by atoms with E-state index in [0.717, 1.165) is 6.42 Å². The van der Waals surface area contributed by atoms with Crippen LogP contribution in [0.25, 0.3) is 11.1 Å². The van der Waals surface area contributed by atoms with E-state index in [9.17, 15) is 34.2 Å². The molecule has 0 atom stereocenters. The number of nitrogens with one attached hydrogen (secondary N) is 3. The van der Waals surface area contributed by atoms with Crippen molar-refractivity contribution in [3.63, 3.8) is 0 Å². The summed E-state index contributed by atoms with van der Waals surface area (Å²) in [5, 5.41) is 28.2. The van der Waals surface area contributed by atoms with Crippen molar-refractivity contribution >= 4 is 41.0 Å². The molecular weight excluding hydrogens is 528 g/mol. The number of carboxylic acid groups (broad SMARTS) is 2. The first-order valence-electron chi connectivity index (χ1n) is 13.0. The van der Waals surface area contributed by atoms with E-state index < -0.39 is 35.2 Å². The Kier molecular flexibility index (Phi) is 8.37. The molecule has 3 aromatic rings. The van der Waals surface area contributed by atoms with Crippen LogP contribution in [0.15, 0.2) is 60.7 Å². The predicted octanol–water partition coefficient (Wildman–Crippen LogP) is 3.96. The van der Waals surface area contributed by atoms with Gasteiger partial charge < -0.3 is 31.9 Å². The van der Waals surface area contributed by atoms with Crippen molar-refractivity contribution in [2.24, 2.45) is 5.73 Å². The lowest BCUT2D eigenvalue weighted by molar-refractivity contribution is -0.145. The van der Waals surface area contributed by atoms with Gasteiger partial charge in [0.25, 0.3) is 11.8 Å². The zero-order chi connectivity index (χ0) is 29.7. The van der Waals surface area contributed by atoms with Crippen molar-refractivity contribution in [3.8, 4) is 11.1 Å². The van der Waals surface area contributed by atoms with Crippen LogP contribution in [0.3, 0.4) is 0 Å². The molecule has 4 rings (SSSR count). The molecule has 0 aliphatic heterocycles. The summed E-state index contributed by atoms with van der Waals surface area (Å²) in [5.74, 6) is -4.38. The summed E-state index contributed by atoms with van der Waals surface area (Å²) in [7, 11) is 1.67. The van der Waals surface area contributed by atoms with Crippen LogP contribution >= 0.6 is 0 Å². The summed E-state index contributed by atoms with van der Waals surface area (Å²) in [6.07, 6.45) is 2.77. The van der Waals surface area contributed by atoms with Gasteiger partial charge in [0.05, 0.1) is 5.56 Å². The lowest BCUT2D eigenvalue weighted by Gasteiger charge is -2.34. The van der Waals surface area contributed by atoms with Gasteiger partial charge in [0.2, 0.25) is 5.91 Å². The molecule has 0 bridgehead atoms. The SMILES string of the molecule is CNc1ccc(-c2ccc(C(=O)NC3(C(=O)O)CCCCC3)cc2C(=O)O)c(C(=O)Nc2cccc(C(N)=O)c2)c1. The van der Waals surface area contributed by atoms with Crippen LogP contribution in [0.1, 0.15) is 73.5 Å². The van der Waals surface area contributed by atoms with Crippen molar-refractivity contribution in [2.75, 3.05) is 17.7 Å². The number of benzene rings is 3. The third-order valence-electron chi connectivity index (χ3n) is 7.23. The molecule has 41 heavy (non-hydrogen) atoms. The summed E-state index contributed by atoms with van der Waals surface area (Å²) in [5.41, 5.74) is 5.37. The molecule has 11 heteroatoms. The van der Waals surface area contributed by atoms with Gasteiger partial charge in [-0.15, -0.1) is 0 Å². The van der Waals surface area contributed by atoms with Gasteiger partial charge in [-0.25, -0.2) is 9.59 Å². The lowest BCUT2D eigenvalue weighted by atomic mass is 9.81. The zero-order valence-corrected chi connectivity index (χ0v) is 22.3. The second kappa shape index (κ2) is 11.9. The fourth-order valence-corrected chi connectivity index (χ4v) is 5.01. The van der Waals surface area contributed by atoms with Gasteiger partial charge in [-0.2, -0.15) is 0 Å². The van der Waals surface area contributed by atoms with Crippen LogP contribution in [0, 0.1) is 0 Å². The molecule has 7 N–H and O–H groups in total. The molecule has 1 aliphatic rings. The molecule has 0 heterocycles. The fraction of sp³-hybridized carbons (Fsp3) is 0.233. The van der Waals surface area contributed by atoms with Crippen LogP contribution in [-0.2, 0) is 4.79 Å². The number of amides is 3. The molecule has 11 nitrogen and oxygen atoms in total. The number of aromatic carboxylic acids is 1. The van der Waals surface area contributed by atoms with Gasteiger partial charge >= 0.3 is 11.9 Å². The molecule has 1 aliphatic carbocycles. The number of anilines is 2. The molecule has 212 valence electrons. The lowest BCUT2D eigenvalue weighted by Crippen LogP contribution is -2.55. The van der Waals surface area contributed by atoms with Gasteiger partial charge in [-0.05, 0) is 66.4 Å². The Balaban J connectivity index is 1.72. The quantitative estimate of drug-likeness (QED) is 0.227. The van der Waals surface area contributed by atoms with Gasteiger partial charge in [0.15, 0.2) is 0 Å². The first-order chi connectivity index (χ1) is 19.5. The summed E-state index contributed by atoms with van der Waals surface area (Å²) in [6.45, 7) is 0. The Morgan fingerprint density at radius 3 is 2.07 bits per heavy atom. The standard InChI is InChI=1S/C30H30N4O7/c1-32-19-9-11-21(23(16-19)27(37)33-20-7-5-6-17(14-20)25(31)35)22-10-8-18(15-24(22)28(38)39)26(36)34-30(29(40)41)12-3-2-4-13-30/h5-11,14-16,32H,2-4,12-13H2,1H3,(H2,31,35)(H,33,37)(H,34,36)(H,38,39)(H,40,41). The third kappa shape index (κ3) is 6.19. The smallest absolute Gasteiger partial charge is 0.336 e. The summed E-state index contributed by atoms with van der Waals surface area (Å²) in [6, 6.07) is 14.9. The van der Waals surface area contributed by atoms with Crippen LogP contribution < -0.4 is 21.7 Å². The van der Waals surface area contributed by atoms with Crippen molar-refractivity contribution in [2.45, 2.75) is 37.6 Å². The van der Waals surface area contributed by atoms with E-state index >= 15 is 0 Å². The van der Waals surface area contributed by atoms with Gasteiger partial charge in [0.1, 0.15) is 5.54 Å². The predicted molar refractivity (Wildman–Crippen MR) is 152 cm³/mol. The minimum absolute atomic E-state index is 0.0153. The van der Waals surface area contributed by atoms with E-state index in [1.54, 1.807) is 37.4 Å². The van der Waals surface area contributed by atoms with Gasteiger partial charge in [-0.1, -0.05) is 37.5 Å². The average molecular weight is 559 g/mol. The van der Waals surface area contributed by atoms with Crippen LogP contribution in [0.2, 0.25) is 0 Å². The summed E-state index contributed by atoms with van der Waals surface area (Å²) in [4.78, 5) is 62.4. The molecule has 0 saturated heterocycles. The maximum Gasteiger partial charge on any atom is 0.336 e. The average Bonchev–Trinajstić information content (AvgIpc) is 2.97. The Hall–Kier alpha value is -5.19. The molecule has 0 radical (unpaired) electrons. The van der Waals surface area contributed by atoms with Gasteiger partial charge in [-0.3, -0.25) is 14.4 Å². The monoisotopic (exact) mass is 558 g/mol. The Labute approximate surface area is 235 Å². The van der Waals surface area contributed by atoms with E-state index in [4.69, 9.17) is 5.73 Å². The number of carbonyl (C=O) groups excluding carboxylic acids is 3. The van der Waals surface area contributed by atoms with Crippen molar-refractivity contribution in [3.05, 3.63) is 82.9 Å². The molecular formula is C30H30N4O7. The van der Waals surface area contributed by atoms with Crippen LogP contribution in [0.5, 0.6) is 0 Å². The normalized spacial score (nSPS) is 14.0. The maximum atomic E-state index is 13.4. The number of nitrogens with two attached hydrogens (primary N) is 1. The minimum atomic E-state index is -1.41. The molecule has 1 fully saturated rings. The number of hydrogen-bond acceptors (Lipinski definition) is 6. The largest absolute Gasteiger partial charge is 0.480 e. The van der Waals surface area contributed by atoms with E-state index in [1.165, 1.54) is 30.3 Å². The Morgan fingerprint density at radius 1 is 0.756 bits per heavy atom. The fourth-order valence-electron chi connectivity index (χ4n) is 5.01. The molecule has 3 aromatic carbocycles. The van der Waals surface area contributed by atoms with E-state index in [-0.39, 0.29) is 46.2 Å². The number of primary amides is 1. The second-order valence-corrected chi connectivity index (χ2v) is 9.88. The summed E-state index contributed by atoms with van der Waals surface area (Å²) < 4.78 is 0. The highest BCUT2D eigenvalue weighted by molar-refractivity contribution is 6.12. The second-order valence-electron chi connectivity index (χ2n) is 9.88. The number of hydrogen-bond donors (Lipinski definition) is 6. The number of rotatable bonds is 9. The highest BCUT2D eigenvalue weighted by atomic mass is 16.4. The number of carbonyl (C=O) groups is 5. The zero-order valence-electron chi connectivity index (χ0n) is 22.3. The van der Waals surface area contributed by atoms with Crippen LogP contribution in [-0.4, -0.2) is 52.5 Å². The van der Waals surface area contributed by atoms with Crippen LogP contribution in [0.4, 0.5) is 11.4 Å². The maximum absolute atomic E-state index is 13.4. The molecule has 0 unspecified atom stereocenters. The molecule has 3 amide bonds. The molecule has 0 aromatic heterocycles. The molecule has 1 saturated carbocycles. The van der Waals surface area contributed by atoms with Crippen molar-refractivity contribution < 1.29 is 34.2 Å². The van der Waals surface area contributed by atoms with Gasteiger partial charge in [0, 0.05) is 35.1 Å². The topological polar surface area (TPSA) is 188 Å². The third-order valence-corrected chi connectivity index (χ3v) is 7.23. The highest BCUT2D eigenvalue weighted by Crippen LogP contribution is 2.32. The van der Waals surface area contributed by atoms with Crippen molar-refractivity contribution in [1.82, 2.24) is 5.32 Å². The van der Waals surface area contributed by atoms with Crippen molar-refractivity contribution in [1.29, 1.82) is 0 Å². The highest BCUT2D eigenvalue weighted by Gasteiger charge is 2.41. The van der Waals surface area contributed by atoms with E-state index in [2.05, 4.69) is 16.0 Å². The Bertz CT molecular complexity index is 1540. The first-order valence-corrected chi connectivity index (χ1v) is 13.0. The van der Waals surface area contributed by atoms with E-state index in [1.807, 2.05) is 0 Å². The minimum Gasteiger partial charge on any atom is -0.480 e. The van der Waals surface area contributed by atoms with E-state index in [0.29, 0.717) is 24.2 Å². The Morgan fingerprint density at radius 2 is 1.44 bits per heavy atom. The summed E-state index contributed by atoms with van der Waals surface area (Å²) >= 11 is 0. The number of carboxylic acids is 2. The first kappa shape index (κ1) is 28.8. The molecule has 0 spiro atoms. The number of aliphatic carboxylic acids is 1.